The van der Waals surface area contributed by atoms with E-state index in [1.165, 1.54) is 0 Å². The third kappa shape index (κ3) is 2.32. The van der Waals surface area contributed by atoms with Crippen molar-refractivity contribution in [2.24, 2.45) is 0 Å². The molecule has 0 fully saturated rings. The van der Waals surface area contributed by atoms with Gasteiger partial charge < -0.3 is 0 Å². The Bertz CT molecular complexity index is 843. The van der Waals surface area contributed by atoms with Crippen LogP contribution in [0.4, 0.5) is 0 Å². The lowest BCUT2D eigenvalue weighted by molar-refractivity contribution is 0.102. The minimum absolute atomic E-state index is 0.0502. The molecular formula is C16H9BrCl2O. The molecular weight excluding hydrogens is 359 g/mol. The highest BCUT2D eigenvalue weighted by atomic mass is 79.9. The number of carbonyl (C=O) groups is 1. The van der Waals surface area contributed by atoms with Gasteiger partial charge in [-0.3, -0.25) is 4.79 Å². The van der Waals surface area contributed by atoms with Gasteiger partial charge in [-0.05, 0) is 51.9 Å². The van der Waals surface area contributed by atoms with Crippen LogP contribution in [-0.4, -0.2) is 11.1 Å². The van der Waals surface area contributed by atoms with Crippen molar-refractivity contribution in [3.8, 4) is 0 Å². The van der Waals surface area contributed by atoms with Gasteiger partial charge in [-0.25, -0.2) is 0 Å². The number of halogens is 3. The van der Waals surface area contributed by atoms with Gasteiger partial charge in [-0.15, -0.1) is 0 Å². The molecule has 0 aliphatic carbocycles. The number of hydrogen-bond acceptors (Lipinski definition) is 1. The van der Waals surface area contributed by atoms with E-state index in [1.54, 1.807) is 6.07 Å². The van der Waals surface area contributed by atoms with E-state index in [0.29, 0.717) is 20.9 Å². The standard InChI is InChI=1S/C16H9BrCl2O/c17-8-16(20)15-5-9-1-2-10(18)6-13(9)14-7-11(19)3-4-12(14)15/h1-7H,8H2. The van der Waals surface area contributed by atoms with Crippen LogP contribution in [0.15, 0.2) is 42.5 Å². The molecule has 0 spiro atoms. The van der Waals surface area contributed by atoms with Gasteiger partial charge >= 0.3 is 0 Å². The molecule has 0 aromatic heterocycles. The highest BCUT2D eigenvalue weighted by Crippen LogP contribution is 2.32. The lowest BCUT2D eigenvalue weighted by Gasteiger charge is -2.10. The molecule has 0 atom stereocenters. The van der Waals surface area contributed by atoms with Crippen LogP contribution < -0.4 is 0 Å². The Hall–Kier alpha value is -1.09. The second-order valence-corrected chi connectivity index (χ2v) is 5.97. The molecule has 0 aliphatic rings. The first-order valence-electron chi connectivity index (χ1n) is 6.01. The molecule has 0 N–H and O–H groups in total. The van der Waals surface area contributed by atoms with Gasteiger partial charge in [-0.1, -0.05) is 51.3 Å². The molecule has 100 valence electrons. The van der Waals surface area contributed by atoms with E-state index in [4.69, 9.17) is 23.2 Å². The summed E-state index contributed by atoms with van der Waals surface area (Å²) in [6, 6.07) is 13.1. The number of Topliss-reactive ketones (excluding diaryl/α,β-unsaturated/α-hetero) is 1. The average molecular weight is 368 g/mol. The zero-order valence-electron chi connectivity index (χ0n) is 10.3. The monoisotopic (exact) mass is 366 g/mol. The molecule has 1 nitrogen and oxygen atoms in total. The van der Waals surface area contributed by atoms with Crippen molar-refractivity contribution in [2.75, 3.05) is 5.33 Å². The van der Waals surface area contributed by atoms with E-state index in [9.17, 15) is 4.79 Å². The van der Waals surface area contributed by atoms with E-state index < -0.39 is 0 Å². The Morgan fingerprint density at radius 3 is 2.25 bits per heavy atom. The summed E-state index contributed by atoms with van der Waals surface area (Å²) in [6.07, 6.45) is 0. The van der Waals surface area contributed by atoms with Crippen LogP contribution in [0.3, 0.4) is 0 Å². The summed E-state index contributed by atoms with van der Waals surface area (Å²) in [5.41, 5.74) is 0.698. The fraction of sp³-hybridized carbons (Fsp3) is 0.0625. The molecule has 3 aromatic carbocycles. The van der Waals surface area contributed by atoms with Crippen molar-refractivity contribution < 1.29 is 4.79 Å². The second-order valence-electron chi connectivity index (χ2n) is 4.54. The highest BCUT2D eigenvalue weighted by molar-refractivity contribution is 9.09. The fourth-order valence-corrected chi connectivity index (χ4v) is 3.04. The van der Waals surface area contributed by atoms with Crippen molar-refractivity contribution in [1.82, 2.24) is 0 Å². The fourth-order valence-electron chi connectivity index (χ4n) is 2.40. The SMILES string of the molecule is O=C(CBr)c1cc2ccc(Cl)cc2c2cc(Cl)ccc12. The van der Waals surface area contributed by atoms with E-state index in [0.717, 1.165) is 21.5 Å². The Morgan fingerprint density at radius 1 is 0.900 bits per heavy atom. The molecule has 0 unspecified atom stereocenters. The topological polar surface area (TPSA) is 17.1 Å². The average Bonchev–Trinajstić information content (AvgIpc) is 2.45. The van der Waals surface area contributed by atoms with Crippen LogP contribution in [0.1, 0.15) is 10.4 Å². The minimum atomic E-state index is 0.0502. The lowest BCUT2D eigenvalue weighted by Crippen LogP contribution is -2.01. The summed E-state index contributed by atoms with van der Waals surface area (Å²) >= 11 is 15.4. The number of carbonyl (C=O) groups excluding carboxylic acids is 1. The molecule has 4 heteroatoms. The quantitative estimate of drug-likeness (QED) is 0.314. The molecule has 0 aliphatic heterocycles. The Labute approximate surface area is 134 Å². The van der Waals surface area contributed by atoms with Gasteiger partial charge in [0.25, 0.3) is 0 Å². The Kier molecular flexibility index (Phi) is 3.72. The normalized spacial score (nSPS) is 11.2. The maximum Gasteiger partial charge on any atom is 0.174 e. The van der Waals surface area contributed by atoms with Gasteiger partial charge in [0.15, 0.2) is 5.78 Å². The van der Waals surface area contributed by atoms with Gasteiger partial charge in [0, 0.05) is 15.6 Å². The summed E-state index contributed by atoms with van der Waals surface area (Å²) in [6.45, 7) is 0. The van der Waals surface area contributed by atoms with Crippen molar-refractivity contribution in [3.63, 3.8) is 0 Å². The minimum Gasteiger partial charge on any atom is -0.293 e. The van der Waals surface area contributed by atoms with Crippen LogP contribution in [0, 0.1) is 0 Å². The van der Waals surface area contributed by atoms with Crippen molar-refractivity contribution in [3.05, 3.63) is 58.1 Å². The summed E-state index contributed by atoms with van der Waals surface area (Å²) < 4.78 is 0. The third-order valence-corrected chi connectivity index (χ3v) is 4.28. The number of fused-ring (bicyclic) bond motifs is 3. The predicted octanol–water partition coefficient (Wildman–Crippen LogP) is 5.88. The molecule has 3 aromatic rings. The van der Waals surface area contributed by atoms with Crippen LogP contribution >= 0.6 is 39.1 Å². The number of alkyl halides is 1. The van der Waals surface area contributed by atoms with Gasteiger partial charge in [-0.2, -0.15) is 0 Å². The van der Waals surface area contributed by atoms with Crippen molar-refractivity contribution >= 4 is 66.5 Å². The van der Waals surface area contributed by atoms with E-state index in [-0.39, 0.29) is 5.78 Å². The summed E-state index contributed by atoms with van der Waals surface area (Å²) in [7, 11) is 0. The van der Waals surface area contributed by atoms with Crippen LogP contribution in [0.2, 0.25) is 10.0 Å². The summed E-state index contributed by atoms with van der Waals surface area (Å²) in [4.78, 5) is 12.1. The largest absolute Gasteiger partial charge is 0.293 e. The first-order valence-corrected chi connectivity index (χ1v) is 7.88. The molecule has 0 saturated carbocycles. The summed E-state index contributed by atoms with van der Waals surface area (Å²) in [5, 5.41) is 5.43. The molecule has 20 heavy (non-hydrogen) atoms. The van der Waals surface area contributed by atoms with E-state index >= 15 is 0 Å². The van der Waals surface area contributed by atoms with Crippen LogP contribution in [0.5, 0.6) is 0 Å². The molecule has 0 radical (unpaired) electrons. The first-order chi connectivity index (χ1) is 9.60. The van der Waals surface area contributed by atoms with E-state index in [1.807, 2.05) is 36.4 Å². The number of ketones is 1. The maximum atomic E-state index is 12.1. The zero-order chi connectivity index (χ0) is 14.3. The summed E-state index contributed by atoms with van der Waals surface area (Å²) in [5.74, 6) is 0.0502. The van der Waals surface area contributed by atoms with Gasteiger partial charge in [0.1, 0.15) is 0 Å². The molecule has 0 saturated heterocycles. The second kappa shape index (κ2) is 5.36. The Balaban J connectivity index is 2.51. The molecule has 3 rings (SSSR count). The number of rotatable bonds is 2. The van der Waals surface area contributed by atoms with Gasteiger partial charge in [0.2, 0.25) is 0 Å². The number of benzene rings is 3. The van der Waals surface area contributed by atoms with Crippen LogP contribution in [-0.2, 0) is 0 Å². The van der Waals surface area contributed by atoms with Crippen molar-refractivity contribution in [1.29, 1.82) is 0 Å². The first kappa shape index (κ1) is 13.9. The smallest absolute Gasteiger partial charge is 0.174 e. The van der Waals surface area contributed by atoms with E-state index in [2.05, 4.69) is 15.9 Å². The maximum absolute atomic E-state index is 12.1. The molecule has 0 amide bonds. The van der Waals surface area contributed by atoms with Gasteiger partial charge in [0.05, 0.1) is 5.33 Å². The Morgan fingerprint density at radius 2 is 1.55 bits per heavy atom. The highest BCUT2D eigenvalue weighted by Gasteiger charge is 2.12. The zero-order valence-corrected chi connectivity index (χ0v) is 13.4. The number of hydrogen-bond donors (Lipinski definition) is 0. The van der Waals surface area contributed by atoms with Crippen LogP contribution in [0.25, 0.3) is 21.5 Å². The predicted molar refractivity (Wildman–Crippen MR) is 89.6 cm³/mol. The third-order valence-electron chi connectivity index (χ3n) is 3.30. The van der Waals surface area contributed by atoms with Crippen molar-refractivity contribution in [2.45, 2.75) is 0 Å². The molecule has 0 bridgehead atoms. The lowest BCUT2D eigenvalue weighted by atomic mass is 9.95. The molecule has 0 heterocycles.